The molecule has 30 heavy (non-hydrogen) atoms. The van der Waals surface area contributed by atoms with Gasteiger partial charge in [0.1, 0.15) is 17.6 Å². The maximum Gasteiger partial charge on any atom is 0.257 e. The molecule has 9 heteroatoms. The summed E-state index contributed by atoms with van der Waals surface area (Å²) in [5, 5.41) is 2.43. The SMILES string of the molecule is O=C(NC[C@@H]1CCC2(CCN(C(=O)c3ccoc3)CC2)O1)c1c(F)ccc(F)c1F. The van der Waals surface area contributed by atoms with Crippen LogP contribution in [0.1, 0.15) is 46.4 Å². The number of halogens is 3. The summed E-state index contributed by atoms with van der Waals surface area (Å²) in [7, 11) is 0. The molecule has 0 saturated carbocycles. The predicted octanol–water partition coefficient (Wildman–Crippen LogP) is 3.28. The van der Waals surface area contributed by atoms with Crippen molar-refractivity contribution in [3.8, 4) is 0 Å². The van der Waals surface area contributed by atoms with Crippen molar-refractivity contribution in [3.63, 3.8) is 0 Å². The number of nitrogens with one attached hydrogen (secondary N) is 1. The van der Waals surface area contributed by atoms with E-state index in [1.165, 1.54) is 12.5 Å². The van der Waals surface area contributed by atoms with Crippen molar-refractivity contribution in [1.82, 2.24) is 10.2 Å². The largest absolute Gasteiger partial charge is 0.472 e. The average molecular weight is 422 g/mol. The smallest absolute Gasteiger partial charge is 0.257 e. The number of amides is 2. The molecule has 0 unspecified atom stereocenters. The molecule has 4 rings (SSSR count). The molecule has 0 bridgehead atoms. The molecule has 1 atom stereocenters. The van der Waals surface area contributed by atoms with Crippen LogP contribution in [0, 0.1) is 17.5 Å². The number of ether oxygens (including phenoxy) is 1. The molecule has 1 N–H and O–H groups in total. The first-order valence-electron chi connectivity index (χ1n) is 9.79. The van der Waals surface area contributed by atoms with Gasteiger partial charge < -0.3 is 19.4 Å². The van der Waals surface area contributed by atoms with Gasteiger partial charge in [0.2, 0.25) is 0 Å². The summed E-state index contributed by atoms with van der Waals surface area (Å²) < 4.78 is 51.9. The molecule has 0 aliphatic carbocycles. The van der Waals surface area contributed by atoms with Crippen LogP contribution >= 0.6 is 0 Å². The molecule has 2 aromatic rings. The van der Waals surface area contributed by atoms with Gasteiger partial charge in [0, 0.05) is 19.6 Å². The molecule has 2 aliphatic heterocycles. The third-order valence-electron chi connectivity index (χ3n) is 5.83. The second-order valence-electron chi connectivity index (χ2n) is 7.69. The minimum absolute atomic E-state index is 0.0631. The van der Waals surface area contributed by atoms with Gasteiger partial charge in [-0.1, -0.05) is 0 Å². The Kier molecular flexibility index (Phi) is 5.55. The van der Waals surface area contributed by atoms with Crippen LogP contribution in [0.25, 0.3) is 0 Å². The third kappa shape index (κ3) is 3.94. The molecule has 0 radical (unpaired) electrons. The Morgan fingerprint density at radius 2 is 1.83 bits per heavy atom. The second kappa shape index (κ2) is 8.14. The molecule has 6 nitrogen and oxygen atoms in total. The van der Waals surface area contributed by atoms with Crippen LogP contribution in [0.2, 0.25) is 0 Å². The van der Waals surface area contributed by atoms with Crippen LogP contribution in [0.3, 0.4) is 0 Å². The zero-order valence-corrected chi connectivity index (χ0v) is 16.1. The van der Waals surface area contributed by atoms with Gasteiger partial charge in [0.15, 0.2) is 11.6 Å². The molecular formula is C21H21F3N2O4. The molecule has 1 spiro atoms. The number of hydrogen-bond acceptors (Lipinski definition) is 4. The normalized spacial score (nSPS) is 20.5. The van der Waals surface area contributed by atoms with Crippen molar-refractivity contribution in [2.75, 3.05) is 19.6 Å². The van der Waals surface area contributed by atoms with Crippen molar-refractivity contribution in [1.29, 1.82) is 0 Å². The van der Waals surface area contributed by atoms with E-state index < -0.39 is 28.9 Å². The van der Waals surface area contributed by atoms with E-state index in [4.69, 9.17) is 9.15 Å². The van der Waals surface area contributed by atoms with Crippen LogP contribution in [-0.4, -0.2) is 48.1 Å². The highest BCUT2D eigenvalue weighted by Crippen LogP contribution is 2.39. The van der Waals surface area contributed by atoms with Crippen molar-refractivity contribution in [3.05, 3.63) is 59.3 Å². The van der Waals surface area contributed by atoms with E-state index in [0.29, 0.717) is 50.0 Å². The summed E-state index contributed by atoms with van der Waals surface area (Å²) in [6.45, 7) is 1.15. The Morgan fingerprint density at radius 1 is 1.10 bits per heavy atom. The van der Waals surface area contributed by atoms with Crippen molar-refractivity contribution in [2.24, 2.45) is 0 Å². The van der Waals surface area contributed by atoms with Crippen LogP contribution < -0.4 is 5.32 Å². The van der Waals surface area contributed by atoms with Gasteiger partial charge in [-0.2, -0.15) is 0 Å². The molecule has 1 aromatic carbocycles. The van der Waals surface area contributed by atoms with E-state index in [1.807, 2.05) is 0 Å². The summed E-state index contributed by atoms with van der Waals surface area (Å²) in [4.78, 5) is 26.3. The lowest BCUT2D eigenvalue weighted by atomic mass is 9.88. The summed E-state index contributed by atoms with van der Waals surface area (Å²) >= 11 is 0. The average Bonchev–Trinajstić information content (AvgIpc) is 3.40. The molecule has 2 saturated heterocycles. The number of benzene rings is 1. The zero-order chi connectivity index (χ0) is 21.3. The van der Waals surface area contributed by atoms with Gasteiger partial charge in [0.05, 0.1) is 23.5 Å². The maximum absolute atomic E-state index is 13.8. The highest BCUT2D eigenvalue weighted by molar-refractivity contribution is 5.95. The van der Waals surface area contributed by atoms with E-state index in [-0.39, 0.29) is 24.2 Å². The van der Waals surface area contributed by atoms with Crippen molar-refractivity contribution in [2.45, 2.75) is 37.4 Å². The van der Waals surface area contributed by atoms with E-state index in [2.05, 4.69) is 5.32 Å². The first kappa shape index (κ1) is 20.5. The van der Waals surface area contributed by atoms with Crippen molar-refractivity contribution < 1.29 is 31.9 Å². The Balaban J connectivity index is 1.30. The molecule has 2 amide bonds. The van der Waals surface area contributed by atoms with Gasteiger partial charge in [0.25, 0.3) is 11.8 Å². The Labute approximate surface area is 171 Å². The Bertz CT molecular complexity index is 940. The number of carbonyl (C=O) groups excluding carboxylic acids is 2. The number of carbonyl (C=O) groups is 2. The van der Waals surface area contributed by atoms with Crippen LogP contribution in [0.5, 0.6) is 0 Å². The molecule has 160 valence electrons. The minimum atomic E-state index is -1.51. The van der Waals surface area contributed by atoms with E-state index in [9.17, 15) is 22.8 Å². The lowest BCUT2D eigenvalue weighted by molar-refractivity contribution is -0.0712. The monoisotopic (exact) mass is 422 g/mol. The van der Waals surface area contributed by atoms with Gasteiger partial charge >= 0.3 is 0 Å². The highest BCUT2D eigenvalue weighted by atomic mass is 19.2. The van der Waals surface area contributed by atoms with Gasteiger partial charge in [-0.05, 0) is 43.9 Å². The van der Waals surface area contributed by atoms with E-state index in [1.54, 1.807) is 11.0 Å². The molecule has 2 fully saturated rings. The van der Waals surface area contributed by atoms with E-state index >= 15 is 0 Å². The second-order valence-corrected chi connectivity index (χ2v) is 7.69. The molecular weight excluding hydrogens is 401 g/mol. The lowest BCUT2D eigenvalue weighted by Gasteiger charge is -2.39. The fourth-order valence-electron chi connectivity index (χ4n) is 4.12. The van der Waals surface area contributed by atoms with Crippen LogP contribution in [-0.2, 0) is 4.74 Å². The number of piperidine rings is 1. The summed E-state index contributed by atoms with van der Waals surface area (Å²) in [6, 6.07) is 2.98. The summed E-state index contributed by atoms with van der Waals surface area (Å²) in [5.41, 5.74) is -0.803. The number of hydrogen-bond donors (Lipinski definition) is 1. The standard InChI is InChI=1S/C21H21F3N2O4/c22-15-1-2-16(23)18(24)17(15)19(27)25-11-14-3-5-21(30-14)6-8-26(9-7-21)20(28)13-4-10-29-12-13/h1-2,4,10,12,14H,3,5-9,11H2,(H,25,27)/t14-/m0/s1. The lowest BCUT2D eigenvalue weighted by Crippen LogP contribution is -2.47. The molecule has 2 aliphatic rings. The molecule has 3 heterocycles. The summed E-state index contributed by atoms with van der Waals surface area (Å²) in [5.74, 6) is -5.01. The number of furan rings is 1. The number of rotatable bonds is 4. The van der Waals surface area contributed by atoms with Crippen LogP contribution in [0.15, 0.2) is 35.1 Å². The van der Waals surface area contributed by atoms with E-state index in [0.717, 1.165) is 6.42 Å². The third-order valence-corrected chi connectivity index (χ3v) is 5.83. The molecule has 1 aromatic heterocycles. The van der Waals surface area contributed by atoms with Gasteiger partial charge in [-0.25, -0.2) is 13.2 Å². The number of likely N-dealkylation sites (tertiary alicyclic amines) is 1. The highest BCUT2D eigenvalue weighted by Gasteiger charge is 2.43. The Morgan fingerprint density at radius 3 is 2.53 bits per heavy atom. The number of nitrogens with zero attached hydrogens (tertiary/aromatic N) is 1. The minimum Gasteiger partial charge on any atom is -0.472 e. The van der Waals surface area contributed by atoms with Gasteiger partial charge in [-0.3, -0.25) is 9.59 Å². The van der Waals surface area contributed by atoms with Crippen LogP contribution in [0.4, 0.5) is 13.2 Å². The first-order chi connectivity index (χ1) is 14.4. The topological polar surface area (TPSA) is 71.8 Å². The summed E-state index contributed by atoms with van der Waals surface area (Å²) in [6.07, 6.45) is 5.32. The van der Waals surface area contributed by atoms with Crippen molar-refractivity contribution >= 4 is 11.8 Å². The zero-order valence-electron chi connectivity index (χ0n) is 16.1. The Hall–Kier alpha value is -2.81. The fourth-order valence-corrected chi connectivity index (χ4v) is 4.12. The first-order valence-corrected chi connectivity index (χ1v) is 9.79. The maximum atomic E-state index is 13.8. The fraction of sp³-hybridized carbons (Fsp3) is 0.429. The quantitative estimate of drug-likeness (QED) is 0.768. The van der Waals surface area contributed by atoms with Gasteiger partial charge in [-0.15, -0.1) is 0 Å². The predicted molar refractivity (Wildman–Crippen MR) is 99.3 cm³/mol.